The summed E-state index contributed by atoms with van der Waals surface area (Å²) in [6.45, 7) is 2.39. The Morgan fingerprint density at radius 3 is 2.91 bits per heavy atom. The van der Waals surface area contributed by atoms with Crippen molar-refractivity contribution in [3.63, 3.8) is 0 Å². The monoisotopic (exact) mass is 171 g/mol. The third kappa shape index (κ3) is 2.61. The SMILES string of the molecule is Cc1csc(CC(O)CN)c1. The Morgan fingerprint density at radius 2 is 2.45 bits per heavy atom. The lowest BCUT2D eigenvalue weighted by molar-refractivity contribution is 0.184. The highest BCUT2D eigenvalue weighted by Crippen LogP contribution is 2.14. The molecular weight excluding hydrogens is 158 g/mol. The van der Waals surface area contributed by atoms with Gasteiger partial charge in [0.2, 0.25) is 0 Å². The Bertz CT molecular complexity index is 222. The van der Waals surface area contributed by atoms with Crippen molar-refractivity contribution in [2.75, 3.05) is 6.54 Å². The van der Waals surface area contributed by atoms with Gasteiger partial charge in [0.25, 0.3) is 0 Å². The molecule has 1 unspecified atom stereocenters. The Labute approximate surface area is 70.7 Å². The van der Waals surface area contributed by atoms with Crippen LogP contribution in [-0.4, -0.2) is 17.8 Å². The maximum atomic E-state index is 9.20. The van der Waals surface area contributed by atoms with Crippen molar-refractivity contribution in [3.05, 3.63) is 21.9 Å². The molecule has 0 aliphatic heterocycles. The molecule has 3 heteroatoms. The number of hydrogen-bond donors (Lipinski definition) is 2. The molecule has 0 spiro atoms. The zero-order valence-electron chi connectivity index (χ0n) is 6.58. The van der Waals surface area contributed by atoms with Crippen LogP contribution < -0.4 is 5.73 Å². The Hall–Kier alpha value is -0.380. The minimum absolute atomic E-state index is 0.344. The van der Waals surface area contributed by atoms with E-state index in [1.165, 1.54) is 10.4 Å². The standard InChI is InChI=1S/C8H13NOS/c1-6-2-8(11-5-6)3-7(10)4-9/h2,5,7,10H,3-4,9H2,1H3. The first-order chi connectivity index (χ1) is 5.22. The summed E-state index contributed by atoms with van der Waals surface area (Å²) in [5.41, 5.74) is 6.54. The smallest absolute Gasteiger partial charge is 0.0710 e. The minimum atomic E-state index is -0.381. The fraction of sp³-hybridized carbons (Fsp3) is 0.500. The number of hydrogen-bond acceptors (Lipinski definition) is 3. The summed E-state index contributed by atoms with van der Waals surface area (Å²) >= 11 is 1.68. The number of nitrogens with two attached hydrogens (primary N) is 1. The van der Waals surface area contributed by atoms with E-state index in [1.807, 2.05) is 0 Å². The van der Waals surface area contributed by atoms with E-state index in [0.29, 0.717) is 13.0 Å². The van der Waals surface area contributed by atoms with Crippen molar-refractivity contribution in [1.82, 2.24) is 0 Å². The highest BCUT2D eigenvalue weighted by Gasteiger charge is 2.03. The van der Waals surface area contributed by atoms with E-state index in [2.05, 4.69) is 18.4 Å². The van der Waals surface area contributed by atoms with Gasteiger partial charge in [0, 0.05) is 17.8 Å². The quantitative estimate of drug-likeness (QED) is 0.710. The lowest BCUT2D eigenvalue weighted by Crippen LogP contribution is -2.21. The van der Waals surface area contributed by atoms with Crippen LogP contribution in [0.25, 0.3) is 0 Å². The molecule has 0 bridgehead atoms. The molecule has 1 heterocycles. The summed E-state index contributed by atoms with van der Waals surface area (Å²) in [6, 6.07) is 2.09. The zero-order valence-corrected chi connectivity index (χ0v) is 7.40. The summed E-state index contributed by atoms with van der Waals surface area (Å²) in [6.07, 6.45) is 0.308. The van der Waals surface area contributed by atoms with Crippen LogP contribution in [0.5, 0.6) is 0 Å². The van der Waals surface area contributed by atoms with Crippen molar-refractivity contribution in [3.8, 4) is 0 Å². The zero-order chi connectivity index (χ0) is 8.27. The van der Waals surface area contributed by atoms with Gasteiger partial charge in [-0.1, -0.05) is 0 Å². The van der Waals surface area contributed by atoms with E-state index in [9.17, 15) is 5.11 Å². The fourth-order valence-electron chi connectivity index (χ4n) is 0.913. The number of rotatable bonds is 3. The predicted molar refractivity (Wildman–Crippen MR) is 47.8 cm³/mol. The summed E-state index contributed by atoms with van der Waals surface area (Å²) in [7, 11) is 0. The molecule has 0 saturated heterocycles. The average Bonchev–Trinajstić information content (AvgIpc) is 2.35. The number of thiophene rings is 1. The summed E-state index contributed by atoms with van der Waals surface area (Å²) < 4.78 is 0. The molecule has 0 aliphatic carbocycles. The summed E-state index contributed by atoms with van der Waals surface area (Å²) in [5, 5.41) is 11.3. The second-order valence-electron chi connectivity index (χ2n) is 2.68. The van der Waals surface area contributed by atoms with Gasteiger partial charge in [-0.25, -0.2) is 0 Å². The van der Waals surface area contributed by atoms with Gasteiger partial charge >= 0.3 is 0 Å². The summed E-state index contributed by atoms with van der Waals surface area (Å²) in [5.74, 6) is 0. The maximum Gasteiger partial charge on any atom is 0.0710 e. The van der Waals surface area contributed by atoms with Crippen LogP contribution in [0.1, 0.15) is 10.4 Å². The topological polar surface area (TPSA) is 46.2 Å². The molecule has 1 atom stereocenters. The van der Waals surface area contributed by atoms with E-state index in [1.54, 1.807) is 11.3 Å². The van der Waals surface area contributed by atoms with Crippen LogP contribution in [0.15, 0.2) is 11.4 Å². The first kappa shape index (κ1) is 8.71. The van der Waals surface area contributed by atoms with Gasteiger partial charge in [-0.3, -0.25) is 0 Å². The third-order valence-corrected chi connectivity index (χ3v) is 2.57. The second-order valence-corrected chi connectivity index (χ2v) is 3.68. The molecule has 2 nitrogen and oxygen atoms in total. The van der Waals surface area contributed by atoms with Crippen LogP contribution in [0.4, 0.5) is 0 Å². The van der Waals surface area contributed by atoms with E-state index in [0.717, 1.165) is 0 Å². The van der Waals surface area contributed by atoms with Crippen LogP contribution in [0, 0.1) is 6.92 Å². The molecule has 1 aromatic rings. The molecule has 0 fully saturated rings. The maximum absolute atomic E-state index is 9.20. The molecule has 3 N–H and O–H groups in total. The van der Waals surface area contributed by atoms with Gasteiger partial charge in [0.05, 0.1) is 6.10 Å². The fourth-order valence-corrected chi connectivity index (χ4v) is 1.86. The highest BCUT2D eigenvalue weighted by atomic mass is 32.1. The van der Waals surface area contributed by atoms with Crippen molar-refractivity contribution in [2.45, 2.75) is 19.4 Å². The highest BCUT2D eigenvalue weighted by molar-refractivity contribution is 7.10. The minimum Gasteiger partial charge on any atom is -0.391 e. The van der Waals surface area contributed by atoms with Gasteiger partial charge in [0.15, 0.2) is 0 Å². The number of aliphatic hydroxyl groups excluding tert-OH is 1. The Morgan fingerprint density at radius 1 is 1.73 bits per heavy atom. The van der Waals surface area contributed by atoms with Crippen molar-refractivity contribution in [1.29, 1.82) is 0 Å². The van der Waals surface area contributed by atoms with Crippen LogP contribution in [-0.2, 0) is 6.42 Å². The molecule has 0 aromatic carbocycles. The lowest BCUT2D eigenvalue weighted by atomic mass is 10.2. The number of aliphatic hydroxyl groups is 1. The average molecular weight is 171 g/mol. The van der Waals surface area contributed by atoms with Crippen LogP contribution in [0.2, 0.25) is 0 Å². The van der Waals surface area contributed by atoms with Gasteiger partial charge in [-0.2, -0.15) is 0 Å². The molecular formula is C8H13NOS. The van der Waals surface area contributed by atoms with E-state index < -0.39 is 0 Å². The first-order valence-electron chi connectivity index (χ1n) is 3.64. The normalized spacial score (nSPS) is 13.4. The van der Waals surface area contributed by atoms with E-state index >= 15 is 0 Å². The van der Waals surface area contributed by atoms with Gasteiger partial charge in [-0.15, -0.1) is 11.3 Å². The van der Waals surface area contributed by atoms with Crippen molar-refractivity contribution >= 4 is 11.3 Å². The molecule has 1 aromatic heterocycles. The van der Waals surface area contributed by atoms with Crippen molar-refractivity contribution in [2.24, 2.45) is 5.73 Å². The Kier molecular flexibility index (Phi) is 3.05. The van der Waals surface area contributed by atoms with Gasteiger partial charge < -0.3 is 10.8 Å². The largest absolute Gasteiger partial charge is 0.391 e. The number of aryl methyl sites for hydroxylation is 1. The summed E-state index contributed by atoms with van der Waals surface area (Å²) in [4.78, 5) is 1.21. The Balaban J connectivity index is 2.50. The van der Waals surface area contributed by atoms with Gasteiger partial charge in [-0.05, 0) is 23.9 Å². The molecule has 1 rings (SSSR count). The predicted octanol–water partition coefficient (Wildman–Crippen LogP) is 0.919. The lowest BCUT2D eigenvalue weighted by Gasteiger charge is -2.03. The molecule has 11 heavy (non-hydrogen) atoms. The second kappa shape index (κ2) is 3.85. The van der Waals surface area contributed by atoms with E-state index in [-0.39, 0.29) is 6.10 Å². The first-order valence-corrected chi connectivity index (χ1v) is 4.52. The molecule has 0 aliphatic rings. The van der Waals surface area contributed by atoms with E-state index in [4.69, 9.17) is 5.73 Å². The third-order valence-electron chi connectivity index (χ3n) is 1.49. The molecule has 0 saturated carbocycles. The molecule has 62 valence electrons. The van der Waals surface area contributed by atoms with Crippen LogP contribution in [0.3, 0.4) is 0 Å². The van der Waals surface area contributed by atoms with Gasteiger partial charge in [0.1, 0.15) is 0 Å². The molecule has 0 amide bonds. The van der Waals surface area contributed by atoms with Crippen LogP contribution >= 0.6 is 11.3 Å². The van der Waals surface area contributed by atoms with Crippen molar-refractivity contribution < 1.29 is 5.11 Å². The molecule has 0 radical (unpaired) electrons.